The van der Waals surface area contributed by atoms with Crippen LogP contribution in [0.5, 0.6) is 0 Å². The van der Waals surface area contributed by atoms with Crippen molar-refractivity contribution in [3.8, 4) is 0 Å². The van der Waals surface area contributed by atoms with E-state index in [2.05, 4.69) is 12.2 Å². The Hall–Kier alpha value is -0.830. The molecule has 0 aromatic carbocycles. The van der Waals surface area contributed by atoms with Gasteiger partial charge in [-0.3, -0.25) is 4.79 Å². The molecule has 3 atom stereocenters. The summed E-state index contributed by atoms with van der Waals surface area (Å²) in [6, 6.07) is 0. The minimum atomic E-state index is -0.242. The zero-order chi connectivity index (χ0) is 11.9. The monoisotopic (exact) mass is 236 g/mol. The number of hydrogen-bond donors (Lipinski definition) is 0. The molecule has 0 aromatic heterocycles. The normalized spacial score (nSPS) is 38.3. The fraction of sp³-hybridized carbons (Fsp3) is 0.786. The van der Waals surface area contributed by atoms with Gasteiger partial charge in [-0.15, -0.1) is 0 Å². The average molecular weight is 236 g/mol. The first-order chi connectivity index (χ1) is 8.20. The van der Waals surface area contributed by atoms with Crippen molar-refractivity contribution < 1.29 is 14.3 Å². The van der Waals surface area contributed by atoms with Gasteiger partial charge in [-0.05, 0) is 32.1 Å². The highest BCUT2D eigenvalue weighted by Crippen LogP contribution is 2.48. The number of esters is 1. The summed E-state index contributed by atoms with van der Waals surface area (Å²) in [5, 5.41) is 0. The molecule has 2 bridgehead atoms. The molecule has 1 aliphatic carbocycles. The van der Waals surface area contributed by atoms with Crippen LogP contribution >= 0.6 is 0 Å². The maximum atomic E-state index is 11.4. The number of ether oxygens (including phenoxy) is 2. The highest BCUT2D eigenvalue weighted by molar-refractivity contribution is 5.66. The van der Waals surface area contributed by atoms with Crippen LogP contribution < -0.4 is 0 Å². The van der Waals surface area contributed by atoms with E-state index >= 15 is 0 Å². The van der Waals surface area contributed by atoms with E-state index in [1.807, 2.05) is 0 Å². The van der Waals surface area contributed by atoms with E-state index in [9.17, 15) is 4.79 Å². The number of rotatable bonds is 2. The molecule has 2 aliphatic heterocycles. The average Bonchev–Trinajstić information content (AvgIpc) is 2.91. The Morgan fingerprint density at radius 1 is 1.29 bits per heavy atom. The van der Waals surface area contributed by atoms with Crippen LogP contribution in [0, 0.1) is 5.92 Å². The lowest BCUT2D eigenvalue weighted by molar-refractivity contribution is -0.170. The first-order valence-corrected chi connectivity index (χ1v) is 6.73. The van der Waals surface area contributed by atoms with Gasteiger partial charge in [-0.25, -0.2) is 0 Å². The first-order valence-electron chi connectivity index (χ1n) is 6.73. The second kappa shape index (κ2) is 4.13. The Morgan fingerprint density at radius 3 is 2.59 bits per heavy atom. The van der Waals surface area contributed by atoms with E-state index in [0.717, 1.165) is 19.3 Å². The van der Waals surface area contributed by atoms with Gasteiger partial charge in [0.2, 0.25) is 0 Å². The number of hydrogen-bond acceptors (Lipinski definition) is 3. The van der Waals surface area contributed by atoms with E-state index in [1.54, 1.807) is 0 Å². The summed E-state index contributed by atoms with van der Waals surface area (Å²) in [7, 11) is 0. The van der Waals surface area contributed by atoms with Crippen LogP contribution in [0.4, 0.5) is 0 Å². The number of carbonyl (C=O) groups excluding carboxylic acids is 1. The molecule has 0 radical (unpaired) electrons. The third kappa shape index (κ3) is 1.90. The molecule has 0 aromatic rings. The molecular formula is C14H20O3. The fourth-order valence-corrected chi connectivity index (χ4v) is 3.77. The molecule has 2 fully saturated rings. The molecule has 3 heteroatoms. The Bertz CT molecular complexity index is 341. The first kappa shape index (κ1) is 11.3. The largest absolute Gasteiger partial charge is 0.459 e. The fourth-order valence-electron chi connectivity index (χ4n) is 3.77. The zero-order valence-corrected chi connectivity index (χ0v) is 10.4. The van der Waals surface area contributed by atoms with Gasteiger partial charge >= 0.3 is 5.97 Å². The Morgan fingerprint density at radius 2 is 2.06 bits per heavy atom. The lowest BCUT2D eigenvalue weighted by Crippen LogP contribution is -2.47. The summed E-state index contributed by atoms with van der Waals surface area (Å²) >= 11 is 0. The summed E-state index contributed by atoms with van der Waals surface area (Å²) in [6.07, 6.45) is 11.4. The van der Waals surface area contributed by atoms with Gasteiger partial charge in [0, 0.05) is 12.8 Å². The minimum Gasteiger partial charge on any atom is -0.459 e. The lowest BCUT2D eigenvalue weighted by atomic mass is 9.71. The molecule has 0 amide bonds. The summed E-state index contributed by atoms with van der Waals surface area (Å²) < 4.78 is 11.6. The van der Waals surface area contributed by atoms with Crippen LogP contribution in [0.25, 0.3) is 0 Å². The van der Waals surface area contributed by atoms with Gasteiger partial charge in [-0.2, -0.15) is 0 Å². The van der Waals surface area contributed by atoms with Crippen molar-refractivity contribution in [2.75, 3.05) is 0 Å². The van der Waals surface area contributed by atoms with Crippen LogP contribution in [-0.2, 0) is 14.3 Å². The molecule has 17 heavy (non-hydrogen) atoms. The quantitative estimate of drug-likeness (QED) is 0.546. The van der Waals surface area contributed by atoms with E-state index in [-0.39, 0.29) is 23.8 Å². The third-order valence-electron chi connectivity index (χ3n) is 4.45. The van der Waals surface area contributed by atoms with Crippen LogP contribution in [-0.4, -0.2) is 23.8 Å². The molecular weight excluding hydrogens is 216 g/mol. The number of fused-ring (bicyclic) bond motifs is 2. The molecule has 2 heterocycles. The summed E-state index contributed by atoms with van der Waals surface area (Å²) in [6.45, 7) is 1.53. The molecule has 0 spiro atoms. The molecule has 3 unspecified atom stereocenters. The van der Waals surface area contributed by atoms with E-state index in [4.69, 9.17) is 9.47 Å². The van der Waals surface area contributed by atoms with Crippen molar-refractivity contribution in [2.45, 2.75) is 63.3 Å². The van der Waals surface area contributed by atoms with Gasteiger partial charge < -0.3 is 9.47 Å². The van der Waals surface area contributed by atoms with Gasteiger partial charge in [0.05, 0.1) is 12.2 Å². The second-order valence-electron chi connectivity index (χ2n) is 5.59. The van der Waals surface area contributed by atoms with Gasteiger partial charge in [0.25, 0.3) is 0 Å². The summed E-state index contributed by atoms with van der Waals surface area (Å²) in [5.41, 5.74) is -0.242. The van der Waals surface area contributed by atoms with Gasteiger partial charge in [0.15, 0.2) is 0 Å². The van der Waals surface area contributed by atoms with Crippen molar-refractivity contribution >= 4 is 5.97 Å². The smallest absolute Gasteiger partial charge is 0.303 e. The SMILES string of the molecule is CC(=O)OC1(C2CC3C=CC2O3)CCCCC1. The Kier molecular flexibility index (Phi) is 2.74. The van der Waals surface area contributed by atoms with Crippen LogP contribution in [0.3, 0.4) is 0 Å². The predicted octanol–water partition coefficient (Wildman–Crippen LogP) is 2.60. The minimum absolute atomic E-state index is 0.140. The van der Waals surface area contributed by atoms with E-state index < -0.39 is 0 Å². The Labute approximate surface area is 102 Å². The third-order valence-corrected chi connectivity index (χ3v) is 4.45. The van der Waals surface area contributed by atoms with Crippen molar-refractivity contribution in [3.63, 3.8) is 0 Å². The zero-order valence-electron chi connectivity index (χ0n) is 10.4. The predicted molar refractivity (Wildman–Crippen MR) is 63.5 cm³/mol. The summed E-state index contributed by atoms with van der Waals surface area (Å²) in [4.78, 5) is 11.4. The maximum Gasteiger partial charge on any atom is 0.303 e. The van der Waals surface area contributed by atoms with Gasteiger partial charge in [-0.1, -0.05) is 18.6 Å². The molecule has 3 rings (SSSR count). The lowest BCUT2D eigenvalue weighted by Gasteiger charge is -2.42. The molecule has 94 valence electrons. The van der Waals surface area contributed by atoms with E-state index in [1.165, 1.54) is 26.2 Å². The molecule has 3 nitrogen and oxygen atoms in total. The van der Waals surface area contributed by atoms with Crippen LogP contribution in [0.2, 0.25) is 0 Å². The maximum absolute atomic E-state index is 11.4. The molecule has 1 saturated heterocycles. The topological polar surface area (TPSA) is 35.5 Å². The van der Waals surface area contributed by atoms with Gasteiger partial charge in [0.1, 0.15) is 5.60 Å². The molecule has 0 N–H and O–H groups in total. The standard InChI is InChI=1S/C14H20O3/c1-10(15)17-14(7-3-2-4-8-14)12-9-11-5-6-13(12)16-11/h5-6,11-13H,2-4,7-9H2,1H3. The van der Waals surface area contributed by atoms with E-state index in [0.29, 0.717) is 5.92 Å². The van der Waals surface area contributed by atoms with Crippen molar-refractivity contribution in [3.05, 3.63) is 12.2 Å². The van der Waals surface area contributed by atoms with Crippen molar-refractivity contribution in [2.24, 2.45) is 5.92 Å². The second-order valence-corrected chi connectivity index (χ2v) is 5.59. The highest BCUT2D eigenvalue weighted by atomic mass is 16.6. The van der Waals surface area contributed by atoms with Crippen molar-refractivity contribution in [1.82, 2.24) is 0 Å². The molecule has 3 aliphatic rings. The summed E-state index contributed by atoms with van der Waals surface area (Å²) in [5.74, 6) is 0.236. The van der Waals surface area contributed by atoms with Crippen molar-refractivity contribution in [1.29, 1.82) is 0 Å². The Balaban J connectivity index is 1.83. The van der Waals surface area contributed by atoms with Crippen LogP contribution in [0.15, 0.2) is 12.2 Å². The van der Waals surface area contributed by atoms with Crippen LogP contribution in [0.1, 0.15) is 45.4 Å². The highest BCUT2D eigenvalue weighted by Gasteiger charge is 2.52. The number of carbonyl (C=O) groups is 1. The molecule has 1 saturated carbocycles.